The molecular weight excluding hydrogens is 304 g/mol. The summed E-state index contributed by atoms with van der Waals surface area (Å²) in [5.41, 5.74) is 2.13. The Morgan fingerprint density at radius 2 is 1.43 bits per heavy atom. The summed E-state index contributed by atoms with van der Waals surface area (Å²) < 4.78 is 5.37. The first-order valence-corrected chi connectivity index (χ1v) is 8.19. The van der Waals surface area contributed by atoms with Gasteiger partial charge >= 0.3 is 0 Å². The van der Waals surface area contributed by atoms with E-state index in [1.54, 1.807) is 0 Å². The summed E-state index contributed by atoms with van der Waals surface area (Å²) in [4.78, 5) is 5.10. The molecule has 0 atom stereocenters. The van der Waals surface area contributed by atoms with E-state index in [1.165, 1.54) is 0 Å². The zero-order valence-electron chi connectivity index (χ0n) is 13.0. The quantitative estimate of drug-likeness (QED) is 0.624. The van der Waals surface area contributed by atoms with E-state index in [1.807, 2.05) is 42.5 Å². The maximum atomic E-state index is 5.69. The van der Waals surface area contributed by atoms with Gasteiger partial charge in [0.1, 0.15) is 4.99 Å². The minimum absolute atomic E-state index is 0.772. The zero-order valence-corrected chi connectivity index (χ0v) is 13.8. The van der Waals surface area contributed by atoms with Crippen LogP contribution in [0.25, 0.3) is 0 Å². The van der Waals surface area contributed by atoms with E-state index in [0.29, 0.717) is 0 Å². The van der Waals surface area contributed by atoms with Gasteiger partial charge in [-0.2, -0.15) is 0 Å². The van der Waals surface area contributed by atoms with Gasteiger partial charge < -0.3 is 14.5 Å². The number of anilines is 2. The number of hydrogen-bond donors (Lipinski definition) is 0. The van der Waals surface area contributed by atoms with Crippen LogP contribution in [0.15, 0.2) is 72.9 Å². The van der Waals surface area contributed by atoms with Gasteiger partial charge in [0.25, 0.3) is 0 Å². The molecule has 3 nitrogen and oxygen atoms in total. The van der Waals surface area contributed by atoms with Crippen molar-refractivity contribution in [3.05, 3.63) is 72.9 Å². The Bertz CT molecular complexity index is 612. The fraction of sp³-hybridized carbons (Fsp3) is 0.211. The molecule has 1 aliphatic heterocycles. The summed E-state index contributed by atoms with van der Waals surface area (Å²) in [6.07, 6.45) is 4.07. The first-order valence-electron chi connectivity index (χ1n) is 7.79. The maximum Gasteiger partial charge on any atom is 0.112 e. The van der Waals surface area contributed by atoms with Crippen molar-refractivity contribution in [3.63, 3.8) is 0 Å². The van der Waals surface area contributed by atoms with Gasteiger partial charge in [-0.15, -0.1) is 0 Å². The Morgan fingerprint density at radius 1 is 0.913 bits per heavy atom. The van der Waals surface area contributed by atoms with E-state index in [9.17, 15) is 0 Å². The first-order chi connectivity index (χ1) is 11.3. The summed E-state index contributed by atoms with van der Waals surface area (Å²) in [5, 5.41) is 0. The summed E-state index contributed by atoms with van der Waals surface area (Å²) in [7, 11) is 0. The number of hydrogen-bond acceptors (Lipinski definition) is 3. The number of morpholine rings is 1. The number of thiocarbonyl (C=S) groups is 1. The van der Waals surface area contributed by atoms with E-state index in [2.05, 4.69) is 40.3 Å². The standard InChI is InChI=1S/C19H20N2OS/c23-19(11-12-20-13-15-22-16-14-20)21(17-7-3-1-4-8-17)18-9-5-2-6-10-18/h1-12H,13-16H2/b12-11+. The third-order valence-electron chi connectivity index (χ3n) is 3.72. The van der Waals surface area contributed by atoms with Gasteiger partial charge in [-0.25, -0.2) is 0 Å². The van der Waals surface area contributed by atoms with E-state index in [4.69, 9.17) is 17.0 Å². The van der Waals surface area contributed by atoms with Gasteiger partial charge in [0, 0.05) is 30.7 Å². The van der Waals surface area contributed by atoms with Crippen molar-refractivity contribution in [1.82, 2.24) is 4.90 Å². The van der Waals surface area contributed by atoms with Crippen molar-refractivity contribution in [3.8, 4) is 0 Å². The Labute approximate surface area is 142 Å². The van der Waals surface area contributed by atoms with Crippen molar-refractivity contribution in [2.45, 2.75) is 0 Å². The fourth-order valence-electron chi connectivity index (χ4n) is 2.53. The Morgan fingerprint density at radius 3 is 1.96 bits per heavy atom. The highest BCUT2D eigenvalue weighted by atomic mass is 32.1. The molecule has 0 N–H and O–H groups in total. The molecule has 0 unspecified atom stereocenters. The molecule has 2 aromatic carbocycles. The van der Waals surface area contributed by atoms with Gasteiger partial charge in [0.05, 0.1) is 13.2 Å². The lowest BCUT2D eigenvalue weighted by atomic mass is 10.2. The molecule has 23 heavy (non-hydrogen) atoms. The van der Waals surface area contributed by atoms with Crippen molar-refractivity contribution >= 4 is 28.6 Å². The van der Waals surface area contributed by atoms with E-state index >= 15 is 0 Å². The molecule has 1 heterocycles. The lowest BCUT2D eigenvalue weighted by Gasteiger charge is -2.27. The normalized spacial score (nSPS) is 14.9. The number of nitrogens with zero attached hydrogens (tertiary/aromatic N) is 2. The number of para-hydroxylation sites is 2. The lowest BCUT2D eigenvalue weighted by molar-refractivity contribution is 0.0594. The van der Waals surface area contributed by atoms with Crippen LogP contribution in [-0.4, -0.2) is 36.2 Å². The third-order valence-corrected chi connectivity index (χ3v) is 4.04. The molecule has 0 aliphatic carbocycles. The highest BCUT2D eigenvalue weighted by Gasteiger charge is 2.13. The third kappa shape index (κ3) is 4.18. The topological polar surface area (TPSA) is 15.7 Å². The van der Waals surface area contributed by atoms with Crippen LogP contribution in [-0.2, 0) is 4.74 Å². The Hall–Kier alpha value is -2.17. The van der Waals surface area contributed by atoms with E-state index in [0.717, 1.165) is 42.7 Å². The predicted octanol–water partition coefficient (Wildman–Crippen LogP) is 4.00. The van der Waals surface area contributed by atoms with Crippen LogP contribution in [0.3, 0.4) is 0 Å². The minimum atomic E-state index is 0.772. The summed E-state index contributed by atoms with van der Waals surface area (Å²) >= 11 is 5.69. The molecule has 118 valence electrons. The fourth-order valence-corrected chi connectivity index (χ4v) is 2.80. The van der Waals surface area contributed by atoms with E-state index in [-0.39, 0.29) is 0 Å². The van der Waals surface area contributed by atoms with Crippen LogP contribution in [0.5, 0.6) is 0 Å². The van der Waals surface area contributed by atoms with Gasteiger partial charge in [0.15, 0.2) is 0 Å². The van der Waals surface area contributed by atoms with Crippen LogP contribution < -0.4 is 4.90 Å². The predicted molar refractivity (Wildman–Crippen MR) is 99.2 cm³/mol. The molecule has 3 rings (SSSR count). The Kier molecular flexibility index (Phi) is 5.40. The molecule has 0 bridgehead atoms. The molecule has 0 spiro atoms. The van der Waals surface area contributed by atoms with Gasteiger partial charge in [-0.1, -0.05) is 48.6 Å². The first kappa shape index (κ1) is 15.7. The van der Waals surface area contributed by atoms with Gasteiger partial charge in [-0.05, 0) is 30.3 Å². The van der Waals surface area contributed by atoms with Crippen molar-refractivity contribution in [1.29, 1.82) is 0 Å². The largest absolute Gasteiger partial charge is 0.378 e. The van der Waals surface area contributed by atoms with Gasteiger partial charge in [-0.3, -0.25) is 0 Å². The smallest absolute Gasteiger partial charge is 0.112 e. The molecular formula is C19H20N2OS. The summed E-state index contributed by atoms with van der Waals surface area (Å²) in [6.45, 7) is 3.38. The second-order valence-corrected chi connectivity index (χ2v) is 5.73. The van der Waals surface area contributed by atoms with Crippen LogP contribution in [0.4, 0.5) is 11.4 Å². The average molecular weight is 324 g/mol. The number of benzene rings is 2. The maximum absolute atomic E-state index is 5.69. The summed E-state index contributed by atoms with van der Waals surface area (Å²) in [6, 6.07) is 20.4. The van der Waals surface area contributed by atoms with Crippen LogP contribution in [0.1, 0.15) is 0 Å². The second-order valence-electron chi connectivity index (χ2n) is 5.31. The highest BCUT2D eigenvalue weighted by Crippen LogP contribution is 2.26. The number of ether oxygens (including phenoxy) is 1. The molecule has 0 amide bonds. The molecule has 1 aliphatic rings. The van der Waals surface area contributed by atoms with Crippen molar-refractivity contribution < 1.29 is 4.74 Å². The average Bonchev–Trinajstić information content (AvgIpc) is 2.63. The van der Waals surface area contributed by atoms with Crippen LogP contribution in [0, 0.1) is 0 Å². The molecule has 0 saturated carbocycles. The summed E-state index contributed by atoms with van der Waals surface area (Å²) in [5.74, 6) is 0. The lowest BCUT2D eigenvalue weighted by Crippen LogP contribution is -2.32. The molecule has 4 heteroatoms. The van der Waals surface area contributed by atoms with E-state index < -0.39 is 0 Å². The second kappa shape index (κ2) is 7.90. The SMILES string of the molecule is S=C(/C=C/N1CCOCC1)N(c1ccccc1)c1ccccc1. The van der Waals surface area contributed by atoms with Crippen molar-refractivity contribution in [2.24, 2.45) is 0 Å². The van der Waals surface area contributed by atoms with Crippen LogP contribution >= 0.6 is 12.2 Å². The zero-order chi connectivity index (χ0) is 15.9. The molecule has 0 aromatic heterocycles. The molecule has 1 saturated heterocycles. The molecule has 2 aromatic rings. The molecule has 0 radical (unpaired) electrons. The monoisotopic (exact) mass is 324 g/mol. The Balaban J connectivity index is 1.83. The number of rotatable bonds is 4. The minimum Gasteiger partial charge on any atom is -0.378 e. The van der Waals surface area contributed by atoms with Crippen molar-refractivity contribution in [2.75, 3.05) is 31.2 Å². The van der Waals surface area contributed by atoms with Crippen LogP contribution in [0.2, 0.25) is 0 Å². The molecule has 1 fully saturated rings. The highest BCUT2D eigenvalue weighted by molar-refractivity contribution is 7.81. The van der Waals surface area contributed by atoms with Gasteiger partial charge in [0.2, 0.25) is 0 Å².